The number of aromatic nitrogens is 2. The fourth-order valence-corrected chi connectivity index (χ4v) is 7.71. The van der Waals surface area contributed by atoms with Crippen LogP contribution in [0, 0.1) is 5.92 Å². The van der Waals surface area contributed by atoms with E-state index < -0.39 is 6.03 Å². The first kappa shape index (κ1) is 25.7. The summed E-state index contributed by atoms with van der Waals surface area (Å²) in [5.41, 5.74) is 9.06. The van der Waals surface area contributed by atoms with Crippen molar-refractivity contribution in [2.24, 2.45) is 11.7 Å². The predicted octanol–water partition coefficient (Wildman–Crippen LogP) is 6.26. The monoisotopic (exact) mass is 656 g/mol. The van der Waals surface area contributed by atoms with Crippen molar-refractivity contribution in [2.75, 3.05) is 35.8 Å². The Morgan fingerprint density at radius 1 is 1.06 bits per heavy atom. The van der Waals surface area contributed by atoms with Crippen molar-refractivity contribution in [1.29, 1.82) is 0 Å². The molecule has 0 atom stereocenters. The smallest absolute Gasteiger partial charge is 0.319 e. The van der Waals surface area contributed by atoms with Crippen molar-refractivity contribution >= 4 is 71.3 Å². The minimum atomic E-state index is -0.442. The zero-order valence-electron chi connectivity index (χ0n) is 19.6. The topological polar surface area (TPSA) is 87.4 Å². The van der Waals surface area contributed by atoms with Crippen LogP contribution in [0.5, 0.6) is 0 Å². The molecule has 2 aromatic rings. The SMILES string of the molecule is CN(C)c1nc(N[C@H]2CC[C@@H](CN(C(N)=O)c3c(Br)cc(Br)cc3Br)CC2)nc2c1CCCC2. The first-order chi connectivity index (χ1) is 16.2. The van der Waals surface area contributed by atoms with Crippen molar-refractivity contribution in [3.05, 3.63) is 36.8 Å². The van der Waals surface area contributed by atoms with E-state index in [2.05, 4.69) is 72.1 Å². The summed E-state index contributed by atoms with van der Waals surface area (Å²) in [6.45, 7) is 0.598. The average molecular weight is 659 g/mol. The molecule has 0 spiro atoms. The van der Waals surface area contributed by atoms with Crippen LogP contribution in [0.15, 0.2) is 25.6 Å². The van der Waals surface area contributed by atoms with Gasteiger partial charge in [0.1, 0.15) is 5.82 Å². The number of nitrogens with two attached hydrogens (primary N) is 1. The second-order valence-electron chi connectivity index (χ2n) is 9.43. The van der Waals surface area contributed by atoms with Gasteiger partial charge >= 0.3 is 6.03 Å². The highest BCUT2D eigenvalue weighted by Crippen LogP contribution is 2.39. The van der Waals surface area contributed by atoms with E-state index in [0.29, 0.717) is 18.5 Å². The Morgan fingerprint density at radius 3 is 2.32 bits per heavy atom. The van der Waals surface area contributed by atoms with Gasteiger partial charge in [-0.3, -0.25) is 4.90 Å². The Bertz CT molecular complexity index is 1030. The van der Waals surface area contributed by atoms with Crippen molar-refractivity contribution in [2.45, 2.75) is 57.4 Å². The lowest BCUT2D eigenvalue weighted by atomic mass is 9.85. The molecule has 1 aromatic carbocycles. The Labute approximate surface area is 226 Å². The van der Waals surface area contributed by atoms with E-state index >= 15 is 0 Å². The molecular formula is C24H31Br3N6O. The van der Waals surface area contributed by atoms with Crippen molar-refractivity contribution in [3.63, 3.8) is 0 Å². The van der Waals surface area contributed by atoms with Crippen molar-refractivity contribution in [1.82, 2.24) is 9.97 Å². The van der Waals surface area contributed by atoms with E-state index in [9.17, 15) is 4.79 Å². The molecule has 1 saturated carbocycles. The van der Waals surface area contributed by atoms with Gasteiger partial charge in [-0.25, -0.2) is 9.78 Å². The molecule has 184 valence electrons. The number of hydrogen-bond acceptors (Lipinski definition) is 5. The molecule has 10 heteroatoms. The number of halogens is 3. The number of rotatable bonds is 6. The van der Waals surface area contributed by atoms with Crippen LogP contribution in [-0.2, 0) is 12.8 Å². The van der Waals surface area contributed by atoms with E-state index in [0.717, 1.165) is 69.4 Å². The zero-order chi connectivity index (χ0) is 24.4. The summed E-state index contributed by atoms with van der Waals surface area (Å²) < 4.78 is 2.57. The highest BCUT2D eigenvalue weighted by Gasteiger charge is 2.28. The van der Waals surface area contributed by atoms with E-state index in [1.807, 2.05) is 12.1 Å². The number of primary amides is 1. The Hall–Kier alpha value is -1.39. The van der Waals surface area contributed by atoms with Crippen molar-refractivity contribution < 1.29 is 4.79 Å². The van der Waals surface area contributed by atoms with Gasteiger partial charge in [0.05, 0.1) is 11.4 Å². The molecular weight excluding hydrogens is 628 g/mol. The number of fused-ring (bicyclic) bond motifs is 1. The van der Waals surface area contributed by atoms with E-state index in [1.165, 1.54) is 24.1 Å². The van der Waals surface area contributed by atoms with Gasteiger partial charge in [0.15, 0.2) is 0 Å². The van der Waals surface area contributed by atoms with Gasteiger partial charge in [-0.1, -0.05) is 15.9 Å². The summed E-state index contributed by atoms with van der Waals surface area (Å²) >= 11 is 10.7. The van der Waals surface area contributed by atoms with Gasteiger partial charge in [0.2, 0.25) is 5.95 Å². The van der Waals surface area contributed by atoms with Crippen LogP contribution in [0.25, 0.3) is 0 Å². The lowest BCUT2D eigenvalue weighted by molar-refractivity contribution is 0.250. The molecule has 7 nitrogen and oxygen atoms in total. The van der Waals surface area contributed by atoms with E-state index in [4.69, 9.17) is 15.7 Å². The van der Waals surface area contributed by atoms with Gasteiger partial charge in [-0.15, -0.1) is 0 Å². The fraction of sp³-hybridized carbons (Fsp3) is 0.542. The minimum Gasteiger partial charge on any atom is -0.362 e. The van der Waals surface area contributed by atoms with Crippen LogP contribution in [0.1, 0.15) is 49.8 Å². The molecule has 0 radical (unpaired) electrons. The molecule has 0 unspecified atom stereocenters. The lowest BCUT2D eigenvalue weighted by Crippen LogP contribution is -2.41. The maximum absolute atomic E-state index is 12.3. The summed E-state index contributed by atoms with van der Waals surface area (Å²) in [5, 5.41) is 3.60. The maximum atomic E-state index is 12.3. The highest BCUT2D eigenvalue weighted by molar-refractivity contribution is 9.11. The number of benzene rings is 1. The van der Waals surface area contributed by atoms with Crippen LogP contribution in [0.4, 0.5) is 22.2 Å². The third-order valence-corrected chi connectivity index (χ3v) is 8.39. The second-order valence-corrected chi connectivity index (χ2v) is 12.1. The van der Waals surface area contributed by atoms with Crippen LogP contribution in [-0.4, -0.2) is 42.7 Å². The first-order valence-corrected chi connectivity index (χ1v) is 14.2. The quantitative estimate of drug-likeness (QED) is 0.383. The van der Waals surface area contributed by atoms with Gasteiger partial charge in [0, 0.05) is 45.7 Å². The van der Waals surface area contributed by atoms with E-state index in [-0.39, 0.29) is 0 Å². The molecule has 2 aliphatic rings. The Balaban J connectivity index is 1.41. The number of carbonyl (C=O) groups excluding carboxylic acids is 1. The van der Waals surface area contributed by atoms with Crippen LogP contribution >= 0.6 is 47.8 Å². The molecule has 4 rings (SSSR count). The van der Waals surface area contributed by atoms with Gasteiger partial charge in [-0.05, 0) is 101 Å². The summed E-state index contributed by atoms with van der Waals surface area (Å²) in [5.74, 6) is 2.17. The summed E-state index contributed by atoms with van der Waals surface area (Å²) in [7, 11) is 4.11. The van der Waals surface area contributed by atoms with Crippen LogP contribution < -0.4 is 20.9 Å². The van der Waals surface area contributed by atoms with Gasteiger partial charge < -0.3 is 16.0 Å². The van der Waals surface area contributed by atoms with Gasteiger partial charge in [0.25, 0.3) is 0 Å². The third-order valence-electron chi connectivity index (χ3n) is 6.72. The predicted molar refractivity (Wildman–Crippen MR) is 149 cm³/mol. The molecule has 0 aliphatic heterocycles. The first-order valence-electron chi connectivity index (χ1n) is 11.8. The number of aryl methyl sites for hydroxylation is 1. The summed E-state index contributed by atoms with van der Waals surface area (Å²) in [6, 6.07) is 3.75. The number of carbonyl (C=O) groups is 1. The largest absolute Gasteiger partial charge is 0.362 e. The standard InChI is InChI=1S/C24H31Br3N6O/c1-32(2)22-17-5-3-4-6-20(17)30-24(31-22)29-16-9-7-14(8-10-16)13-33(23(28)34)21-18(26)11-15(25)12-19(21)27/h11-12,14,16H,3-10,13H2,1-2H3,(H2,28,34)(H,29,30,31)/t14-,16+. The normalized spacial score (nSPS) is 19.9. The fourth-order valence-electron chi connectivity index (χ4n) is 5.02. The molecule has 1 heterocycles. The molecule has 1 fully saturated rings. The maximum Gasteiger partial charge on any atom is 0.319 e. The summed E-state index contributed by atoms with van der Waals surface area (Å²) in [4.78, 5) is 25.8. The third kappa shape index (κ3) is 5.87. The second kappa shape index (κ2) is 11.1. The summed E-state index contributed by atoms with van der Waals surface area (Å²) in [6.07, 6.45) is 8.55. The molecule has 1 aromatic heterocycles. The number of anilines is 3. The van der Waals surface area contributed by atoms with Gasteiger partial charge in [-0.2, -0.15) is 4.98 Å². The molecule has 34 heavy (non-hydrogen) atoms. The molecule has 0 bridgehead atoms. The van der Waals surface area contributed by atoms with Crippen molar-refractivity contribution in [3.8, 4) is 0 Å². The number of nitrogens with one attached hydrogen (secondary N) is 1. The molecule has 2 aliphatic carbocycles. The average Bonchev–Trinajstić information content (AvgIpc) is 2.78. The molecule has 3 N–H and O–H groups in total. The van der Waals surface area contributed by atoms with E-state index in [1.54, 1.807) is 4.90 Å². The van der Waals surface area contributed by atoms with Crippen LogP contribution in [0.2, 0.25) is 0 Å². The number of amides is 2. The number of nitrogens with zero attached hydrogens (tertiary/aromatic N) is 4. The minimum absolute atomic E-state index is 0.334. The molecule has 0 saturated heterocycles. The molecule has 2 amide bonds. The lowest BCUT2D eigenvalue weighted by Gasteiger charge is -2.33. The number of hydrogen-bond donors (Lipinski definition) is 2. The number of urea groups is 1. The highest BCUT2D eigenvalue weighted by atomic mass is 79.9. The Kier molecular flexibility index (Phi) is 8.40. The van der Waals surface area contributed by atoms with Crippen LogP contribution in [0.3, 0.4) is 0 Å². The Morgan fingerprint density at radius 2 is 1.71 bits per heavy atom. The zero-order valence-corrected chi connectivity index (χ0v) is 24.3.